The zero-order chi connectivity index (χ0) is 24.1. The molecule has 4 rings (SSSR count). The molecular formula is C25H23FN4O3S. The van der Waals surface area contributed by atoms with Gasteiger partial charge in [-0.1, -0.05) is 54.2 Å². The van der Waals surface area contributed by atoms with Gasteiger partial charge in [0.05, 0.1) is 0 Å². The van der Waals surface area contributed by atoms with E-state index in [4.69, 9.17) is 4.74 Å². The Morgan fingerprint density at radius 3 is 2.56 bits per heavy atom. The van der Waals surface area contributed by atoms with Crippen molar-refractivity contribution < 1.29 is 14.1 Å². The predicted octanol–water partition coefficient (Wildman–Crippen LogP) is 5.71. The molecule has 0 N–H and O–H groups in total. The summed E-state index contributed by atoms with van der Waals surface area (Å²) in [5, 5.41) is 20.1. The van der Waals surface area contributed by atoms with Gasteiger partial charge in [0.25, 0.3) is 0 Å². The van der Waals surface area contributed by atoms with Crippen LogP contribution in [0.4, 0.5) is 4.39 Å². The fourth-order valence-corrected chi connectivity index (χ4v) is 4.77. The van der Waals surface area contributed by atoms with Gasteiger partial charge in [0.2, 0.25) is 6.54 Å². The summed E-state index contributed by atoms with van der Waals surface area (Å²) in [5.74, 6) is 0.901. The van der Waals surface area contributed by atoms with Crippen LogP contribution in [0.3, 0.4) is 0 Å². The molecule has 0 fully saturated rings. The Kier molecular flexibility index (Phi) is 7.22. The molecule has 0 amide bonds. The standard InChI is InChI=1S/C25H23FN4O3S/c1-17-6-5-7-21(14-17)30-18(2)27-28-25(30)34-24(15-29(31)32)22-8-3-4-9-23(22)33-16-19-10-12-20(26)13-11-19/h3-14,24H,15-16H2,1-2H3/t24-/m0/s1. The van der Waals surface area contributed by atoms with Gasteiger partial charge in [0, 0.05) is 16.2 Å². The summed E-state index contributed by atoms with van der Waals surface area (Å²) in [6.45, 7) is 3.74. The van der Waals surface area contributed by atoms with Gasteiger partial charge in [-0.25, -0.2) is 4.39 Å². The van der Waals surface area contributed by atoms with Gasteiger partial charge >= 0.3 is 0 Å². The molecule has 1 aromatic heterocycles. The Labute approximate surface area is 200 Å². The molecule has 4 aromatic rings. The molecular weight excluding hydrogens is 455 g/mol. The van der Waals surface area contributed by atoms with Crippen LogP contribution in [-0.2, 0) is 6.61 Å². The van der Waals surface area contributed by atoms with Gasteiger partial charge in [-0.2, -0.15) is 0 Å². The second-order valence-corrected chi connectivity index (χ2v) is 8.95. The Hall–Kier alpha value is -3.72. The van der Waals surface area contributed by atoms with Crippen LogP contribution >= 0.6 is 11.8 Å². The lowest BCUT2D eigenvalue weighted by molar-refractivity contribution is -0.479. The van der Waals surface area contributed by atoms with Gasteiger partial charge in [0.1, 0.15) is 29.2 Å². The van der Waals surface area contributed by atoms with Gasteiger partial charge in [0.15, 0.2) is 5.16 Å². The van der Waals surface area contributed by atoms with E-state index in [1.165, 1.54) is 23.9 Å². The summed E-state index contributed by atoms with van der Waals surface area (Å²) in [6, 6.07) is 21.2. The van der Waals surface area contributed by atoms with Crippen molar-refractivity contribution in [1.82, 2.24) is 14.8 Å². The first-order valence-electron chi connectivity index (χ1n) is 10.6. The Morgan fingerprint density at radius 2 is 1.82 bits per heavy atom. The molecule has 3 aromatic carbocycles. The molecule has 34 heavy (non-hydrogen) atoms. The van der Waals surface area contributed by atoms with Crippen molar-refractivity contribution in [2.75, 3.05) is 6.54 Å². The largest absolute Gasteiger partial charge is 0.489 e. The van der Waals surface area contributed by atoms with E-state index in [9.17, 15) is 14.5 Å². The van der Waals surface area contributed by atoms with E-state index in [-0.39, 0.29) is 23.9 Å². The maximum Gasteiger partial charge on any atom is 0.220 e. The van der Waals surface area contributed by atoms with Crippen LogP contribution in [-0.4, -0.2) is 26.2 Å². The highest BCUT2D eigenvalue weighted by Gasteiger charge is 2.26. The van der Waals surface area contributed by atoms with Crippen LogP contribution in [0, 0.1) is 29.8 Å². The Bertz CT molecular complexity index is 1290. The number of nitrogens with zero attached hydrogens (tertiary/aromatic N) is 4. The summed E-state index contributed by atoms with van der Waals surface area (Å²) in [7, 11) is 0. The number of hydrogen-bond acceptors (Lipinski definition) is 6. The van der Waals surface area contributed by atoms with Crippen molar-refractivity contribution in [1.29, 1.82) is 0 Å². The predicted molar refractivity (Wildman–Crippen MR) is 128 cm³/mol. The van der Waals surface area contributed by atoms with E-state index in [2.05, 4.69) is 10.2 Å². The zero-order valence-corrected chi connectivity index (χ0v) is 19.5. The third-order valence-electron chi connectivity index (χ3n) is 5.19. The maximum absolute atomic E-state index is 13.2. The number of benzene rings is 3. The second kappa shape index (κ2) is 10.5. The molecule has 1 atom stereocenters. The summed E-state index contributed by atoms with van der Waals surface area (Å²) in [5.41, 5.74) is 3.46. The summed E-state index contributed by atoms with van der Waals surface area (Å²) < 4.78 is 21.1. The molecule has 0 unspecified atom stereocenters. The highest BCUT2D eigenvalue weighted by Crippen LogP contribution is 2.40. The number of thioether (sulfide) groups is 1. The first-order valence-corrected chi connectivity index (χ1v) is 11.5. The highest BCUT2D eigenvalue weighted by molar-refractivity contribution is 7.99. The van der Waals surface area contributed by atoms with Crippen molar-refractivity contribution >= 4 is 11.8 Å². The minimum Gasteiger partial charge on any atom is -0.489 e. The van der Waals surface area contributed by atoms with Crippen LogP contribution in [0.25, 0.3) is 5.69 Å². The number of aryl methyl sites for hydroxylation is 2. The maximum atomic E-state index is 13.2. The molecule has 0 bridgehead atoms. The number of hydrogen-bond donors (Lipinski definition) is 0. The molecule has 0 aliphatic carbocycles. The number of aromatic nitrogens is 3. The summed E-state index contributed by atoms with van der Waals surface area (Å²) >= 11 is 1.27. The van der Waals surface area contributed by atoms with Crippen LogP contribution in [0.2, 0.25) is 0 Å². The molecule has 0 spiro atoms. The molecule has 0 radical (unpaired) electrons. The highest BCUT2D eigenvalue weighted by atomic mass is 32.2. The molecule has 0 saturated heterocycles. The minimum atomic E-state index is -0.563. The van der Waals surface area contributed by atoms with E-state index < -0.39 is 5.25 Å². The van der Waals surface area contributed by atoms with Gasteiger partial charge < -0.3 is 4.74 Å². The monoisotopic (exact) mass is 478 g/mol. The number of para-hydroxylation sites is 1. The fourth-order valence-electron chi connectivity index (χ4n) is 3.57. The molecule has 9 heteroatoms. The average Bonchev–Trinajstić information content (AvgIpc) is 3.18. The van der Waals surface area contributed by atoms with E-state index in [0.29, 0.717) is 22.3 Å². The number of ether oxygens (including phenoxy) is 1. The fraction of sp³-hybridized carbons (Fsp3) is 0.200. The minimum absolute atomic E-state index is 0.214. The third kappa shape index (κ3) is 5.60. The van der Waals surface area contributed by atoms with E-state index in [1.54, 1.807) is 18.2 Å². The summed E-state index contributed by atoms with van der Waals surface area (Å²) in [6.07, 6.45) is 0. The van der Waals surface area contributed by atoms with Crippen molar-refractivity contribution in [3.8, 4) is 11.4 Å². The second-order valence-electron chi connectivity index (χ2n) is 7.78. The molecule has 7 nitrogen and oxygen atoms in total. The van der Waals surface area contributed by atoms with Crippen LogP contribution < -0.4 is 4.74 Å². The number of rotatable bonds is 9. The SMILES string of the molecule is Cc1cccc(-n2c(C)nnc2S[C@@H](C[N+](=O)[O-])c2ccccc2OCc2ccc(F)cc2)c1. The Balaban J connectivity index is 1.64. The lowest BCUT2D eigenvalue weighted by Gasteiger charge is -2.18. The summed E-state index contributed by atoms with van der Waals surface area (Å²) in [4.78, 5) is 11.2. The molecule has 0 aliphatic heterocycles. The van der Waals surface area contributed by atoms with Crippen LogP contribution in [0.5, 0.6) is 5.75 Å². The number of nitro groups is 1. The quantitative estimate of drug-likeness (QED) is 0.174. The van der Waals surface area contributed by atoms with Gasteiger partial charge in [-0.15, -0.1) is 10.2 Å². The molecule has 1 heterocycles. The van der Waals surface area contributed by atoms with Crippen LogP contribution in [0.1, 0.15) is 27.8 Å². The first kappa shape index (κ1) is 23.4. The molecule has 0 aliphatic rings. The third-order valence-corrected chi connectivity index (χ3v) is 6.35. The number of halogens is 1. The van der Waals surface area contributed by atoms with Gasteiger partial charge in [-0.05, 0) is 55.3 Å². The smallest absolute Gasteiger partial charge is 0.220 e. The first-order chi connectivity index (χ1) is 16.4. The van der Waals surface area contributed by atoms with E-state index in [1.807, 2.05) is 60.9 Å². The average molecular weight is 479 g/mol. The van der Waals surface area contributed by atoms with E-state index >= 15 is 0 Å². The topological polar surface area (TPSA) is 83.1 Å². The van der Waals surface area contributed by atoms with Crippen molar-refractivity contribution in [3.63, 3.8) is 0 Å². The Morgan fingerprint density at radius 1 is 1.06 bits per heavy atom. The lowest BCUT2D eigenvalue weighted by atomic mass is 10.1. The lowest BCUT2D eigenvalue weighted by Crippen LogP contribution is -2.12. The van der Waals surface area contributed by atoms with Crippen molar-refractivity contribution in [2.24, 2.45) is 0 Å². The molecule has 174 valence electrons. The van der Waals surface area contributed by atoms with Crippen LogP contribution in [0.15, 0.2) is 78.0 Å². The molecule has 0 saturated carbocycles. The van der Waals surface area contributed by atoms with Crippen molar-refractivity contribution in [2.45, 2.75) is 30.9 Å². The van der Waals surface area contributed by atoms with Gasteiger partial charge in [-0.3, -0.25) is 14.7 Å². The normalized spacial score (nSPS) is 11.9. The zero-order valence-electron chi connectivity index (χ0n) is 18.7. The van der Waals surface area contributed by atoms with Crippen molar-refractivity contribution in [3.05, 3.63) is 111 Å². The van der Waals surface area contributed by atoms with E-state index in [0.717, 1.165) is 16.8 Å².